The normalized spacial score (nSPS) is 11.5. The average molecular weight is 170 g/mol. The Kier molecular flexibility index (Phi) is 1.42. The predicted molar refractivity (Wildman–Crippen MR) is 40.2 cm³/mol. The summed E-state index contributed by atoms with van der Waals surface area (Å²) in [5.41, 5.74) is 0.461. The fourth-order valence-electron chi connectivity index (χ4n) is 0.927. The Morgan fingerprint density at radius 3 is 3.09 bits per heavy atom. The lowest BCUT2D eigenvalue weighted by Crippen LogP contribution is -1.97. The van der Waals surface area contributed by atoms with Crippen molar-refractivity contribution in [3.05, 3.63) is 23.6 Å². The summed E-state index contributed by atoms with van der Waals surface area (Å²) in [4.78, 5) is 4.77. The van der Waals surface area contributed by atoms with Gasteiger partial charge in [0.25, 0.3) is 0 Å². The standard InChI is InChI=1S/C6H6N2O2S/c9-6(10)4-2-11-5-1-7-3-8(4)5/h1-3,6,9-10H. The van der Waals surface area contributed by atoms with Gasteiger partial charge in [0.05, 0.1) is 11.9 Å². The third kappa shape index (κ3) is 0.936. The predicted octanol–water partition coefficient (Wildman–Crippen LogP) is 0.379. The Morgan fingerprint density at radius 1 is 1.55 bits per heavy atom. The molecule has 0 aliphatic rings. The second-order valence-electron chi connectivity index (χ2n) is 2.14. The van der Waals surface area contributed by atoms with E-state index in [1.165, 1.54) is 11.3 Å². The Balaban J connectivity index is 2.68. The summed E-state index contributed by atoms with van der Waals surface area (Å²) in [6.07, 6.45) is 1.81. The molecule has 2 N–H and O–H groups in total. The second-order valence-corrected chi connectivity index (χ2v) is 3.03. The van der Waals surface area contributed by atoms with Gasteiger partial charge in [-0.05, 0) is 0 Å². The molecule has 0 bridgehead atoms. The summed E-state index contributed by atoms with van der Waals surface area (Å²) in [6, 6.07) is 0. The summed E-state index contributed by atoms with van der Waals surface area (Å²) < 4.78 is 1.65. The number of fused-ring (bicyclic) bond motifs is 1. The zero-order valence-electron chi connectivity index (χ0n) is 5.51. The van der Waals surface area contributed by atoms with E-state index in [0.29, 0.717) is 5.69 Å². The first-order valence-electron chi connectivity index (χ1n) is 3.04. The van der Waals surface area contributed by atoms with Crippen LogP contribution in [0.4, 0.5) is 0 Å². The van der Waals surface area contributed by atoms with Gasteiger partial charge < -0.3 is 10.2 Å². The molecule has 0 aliphatic carbocycles. The highest BCUT2D eigenvalue weighted by molar-refractivity contribution is 7.15. The molecule has 0 saturated carbocycles. The van der Waals surface area contributed by atoms with Crippen LogP contribution in [0.5, 0.6) is 0 Å². The topological polar surface area (TPSA) is 57.8 Å². The van der Waals surface area contributed by atoms with E-state index in [-0.39, 0.29) is 0 Å². The summed E-state index contributed by atoms with van der Waals surface area (Å²) in [6.45, 7) is 0. The minimum Gasteiger partial charge on any atom is -0.363 e. The van der Waals surface area contributed by atoms with Crippen LogP contribution in [-0.2, 0) is 0 Å². The zero-order chi connectivity index (χ0) is 7.84. The number of aliphatic hydroxyl groups excluding tert-OH is 1. The number of imidazole rings is 1. The molecule has 2 heterocycles. The van der Waals surface area contributed by atoms with E-state index in [1.54, 1.807) is 22.3 Å². The van der Waals surface area contributed by atoms with Crippen molar-refractivity contribution in [3.63, 3.8) is 0 Å². The minimum atomic E-state index is -1.42. The lowest BCUT2D eigenvalue weighted by molar-refractivity contribution is -0.0462. The van der Waals surface area contributed by atoms with Crippen LogP contribution in [0.1, 0.15) is 12.0 Å². The Hall–Kier alpha value is -0.910. The molecule has 2 aromatic rings. The van der Waals surface area contributed by atoms with Crippen LogP contribution in [0.2, 0.25) is 0 Å². The highest BCUT2D eigenvalue weighted by atomic mass is 32.1. The average Bonchev–Trinajstić information content (AvgIpc) is 2.41. The van der Waals surface area contributed by atoms with Gasteiger partial charge in [0.1, 0.15) is 11.2 Å². The maximum atomic E-state index is 8.84. The zero-order valence-corrected chi connectivity index (χ0v) is 6.32. The van der Waals surface area contributed by atoms with E-state index in [4.69, 9.17) is 10.2 Å². The molecule has 5 heteroatoms. The van der Waals surface area contributed by atoms with E-state index in [9.17, 15) is 0 Å². The van der Waals surface area contributed by atoms with Gasteiger partial charge in [0.2, 0.25) is 0 Å². The first-order chi connectivity index (χ1) is 5.29. The van der Waals surface area contributed by atoms with Crippen molar-refractivity contribution in [2.75, 3.05) is 0 Å². The molecule has 0 unspecified atom stereocenters. The van der Waals surface area contributed by atoms with E-state index in [0.717, 1.165) is 4.83 Å². The summed E-state index contributed by atoms with van der Waals surface area (Å²) >= 11 is 1.43. The van der Waals surface area contributed by atoms with Crippen molar-refractivity contribution in [3.8, 4) is 0 Å². The Morgan fingerprint density at radius 2 is 2.36 bits per heavy atom. The smallest absolute Gasteiger partial charge is 0.195 e. The molecule has 0 aromatic carbocycles. The lowest BCUT2D eigenvalue weighted by atomic mass is 10.5. The maximum absolute atomic E-state index is 8.84. The van der Waals surface area contributed by atoms with Gasteiger partial charge in [-0.2, -0.15) is 0 Å². The van der Waals surface area contributed by atoms with Crippen LogP contribution in [0.3, 0.4) is 0 Å². The van der Waals surface area contributed by atoms with Crippen molar-refractivity contribution in [2.24, 2.45) is 0 Å². The molecular weight excluding hydrogens is 164 g/mol. The molecule has 2 rings (SSSR count). The minimum absolute atomic E-state index is 0.461. The number of aliphatic hydroxyl groups is 2. The van der Waals surface area contributed by atoms with Crippen LogP contribution in [0.25, 0.3) is 4.83 Å². The van der Waals surface area contributed by atoms with Crippen molar-refractivity contribution < 1.29 is 10.2 Å². The molecule has 2 aromatic heterocycles. The van der Waals surface area contributed by atoms with Gasteiger partial charge in [-0.15, -0.1) is 11.3 Å². The first-order valence-corrected chi connectivity index (χ1v) is 3.92. The lowest BCUT2D eigenvalue weighted by Gasteiger charge is -1.98. The second kappa shape index (κ2) is 2.30. The van der Waals surface area contributed by atoms with Crippen molar-refractivity contribution in [1.82, 2.24) is 9.38 Å². The monoisotopic (exact) mass is 170 g/mol. The molecule has 0 saturated heterocycles. The Labute approximate surface area is 66.4 Å². The van der Waals surface area contributed by atoms with Crippen LogP contribution >= 0.6 is 11.3 Å². The fraction of sp³-hybridized carbons (Fsp3) is 0.167. The van der Waals surface area contributed by atoms with E-state index in [1.807, 2.05) is 0 Å². The number of thiazole rings is 1. The van der Waals surface area contributed by atoms with Gasteiger partial charge in [-0.3, -0.25) is 4.40 Å². The number of hydrogen-bond acceptors (Lipinski definition) is 4. The van der Waals surface area contributed by atoms with Gasteiger partial charge in [-0.1, -0.05) is 0 Å². The molecule has 0 fully saturated rings. The molecule has 0 spiro atoms. The number of aromatic nitrogens is 2. The summed E-state index contributed by atoms with van der Waals surface area (Å²) in [5, 5.41) is 19.4. The molecule has 4 nitrogen and oxygen atoms in total. The third-order valence-electron chi connectivity index (χ3n) is 1.45. The number of nitrogens with zero attached hydrogens (tertiary/aromatic N) is 2. The molecule has 0 amide bonds. The van der Waals surface area contributed by atoms with Gasteiger partial charge in [-0.25, -0.2) is 4.98 Å². The quantitative estimate of drug-likeness (QED) is 0.608. The van der Waals surface area contributed by atoms with Crippen LogP contribution in [0.15, 0.2) is 17.9 Å². The van der Waals surface area contributed by atoms with Crippen LogP contribution in [0, 0.1) is 0 Å². The highest BCUT2D eigenvalue weighted by Gasteiger charge is 2.08. The SMILES string of the molecule is OC(O)c1csc2cncn12. The summed E-state index contributed by atoms with van der Waals surface area (Å²) in [7, 11) is 0. The van der Waals surface area contributed by atoms with Crippen LogP contribution < -0.4 is 0 Å². The van der Waals surface area contributed by atoms with E-state index < -0.39 is 6.29 Å². The summed E-state index contributed by atoms with van der Waals surface area (Å²) in [5.74, 6) is 0. The van der Waals surface area contributed by atoms with Gasteiger partial charge in [0, 0.05) is 5.38 Å². The van der Waals surface area contributed by atoms with Crippen LogP contribution in [-0.4, -0.2) is 19.6 Å². The number of rotatable bonds is 1. The molecule has 11 heavy (non-hydrogen) atoms. The van der Waals surface area contributed by atoms with Gasteiger partial charge >= 0.3 is 0 Å². The first kappa shape index (κ1) is 6.78. The molecule has 0 radical (unpaired) electrons. The van der Waals surface area contributed by atoms with E-state index in [2.05, 4.69) is 4.98 Å². The fourth-order valence-corrected chi connectivity index (χ4v) is 1.79. The van der Waals surface area contributed by atoms with Crippen molar-refractivity contribution >= 4 is 16.2 Å². The molecule has 0 atom stereocenters. The van der Waals surface area contributed by atoms with Gasteiger partial charge in [0.15, 0.2) is 6.29 Å². The van der Waals surface area contributed by atoms with Crippen molar-refractivity contribution in [1.29, 1.82) is 0 Å². The third-order valence-corrected chi connectivity index (χ3v) is 2.35. The molecule has 58 valence electrons. The largest absolute Gasteiger partial charge is 0.363 e. The van der Waals surface area contributed by atoms with Crippen molar-refractivity contribution in [2.45, 2.75) is 6.29 Å². The molecule has 0 aliphatic heterocycles. The Bertz CT molecular complexity index is 365. The highest BCUT2D eigenvalue weighted by Crippen LogP contribution is 2.19. The number of hydrogen-bond donors (Lipinski definition) is 2. The molecular formula is C6H6N2O2S. The maximum Gasteiger partial charge on any atom is 0.195 e. The van der Waals surface area contributed by atoms with E-state index >= 15 is 0 Å².